The number of halogens is 1. The number of carbonyl (C=O) groups is 1. The van der Waals surface area contributed by atoms with Gasteiger partial charge in [-0.05, 0) is 32.0 Å². The minimum absolute atomic E-state index is 0.0978. The van der Waals surface area contributed by atoms with E-state index in [-0.39, 0.29) is 5.91 Å². The average molecular weight is 359 g/mol. The summed E-state index contributed by atoms with van der Waals surface area (Å²) >= 11 is 3.34. The second-order valence-electron chi connectivity index (χ2n) is 4.42. The van der Waals surface area contributed by atoms with E-state index in [1.807, 2.05) is 19.9 Å². The molecule has 1 aromatic rings. The number of anilines is 1. The van der Waals surface area contributed by atoms with Crippen LogP contribution in [0.25, 0.3) is 0 Å². The maximum atomic E-state index is 12.6. The highest BCUT2D eigenvalue weighted by atomic mass is 79.9. The molecule has 0 aromatic heterocycles. The van der Waals surface area contributed by atoms with Gasteiger partial charge in [0.25, 0.3) is 5.91 Å². The molecule has 5 nitrogen and oxygen atoms in total. The van der Waals surface area contributed by atoms with Crippen molar-refractivity contribution >= 4 is 27.5 Å². The van der Waals surface area contributed by atoms with Crippen LogP contribution in [0.4, 0.5) is 5.69 Å². The van der Waals surface area contributed by atoms with Crippen molar-refractivity contribution in [1.82, 2.24) is 4.90 Å². The predicted molar refractivity (Wildman–Crippen MR) is 87.4 cm³/mol. The number of hydrogen-bond acceptors (Lipinski definition) is 4. The van der Waals surface area contributed by atoms with E-state index in [1.54, 1.807) is 17.0 Å². The first-order valence-corrected chi connectivity index (χ1v) is 7.89. The normalized spacial score (nSPS) is 10.6. The van der Waals surface area contributed by atoms with Crippen LogP contribution in [0.1, 0.15) is 24.2 Å². The van der Waals surface area contributed by atoms with Gasteiger partial charge in [0.05, 0.1) is 18.8 Å². The Morgan fingerprint density at radius 3 is 2.24 bits per heavy atom. The largest absolute Gasteiger partial charge is 0.398 e. The summed E-state index contributed by atoms with van der Waals surface area (Å²) in [6.45, 7) is 7.18. The highest BCUT2D eigenvalue weighted by molar-refractivity contribution is 9.10. The Hall–Kier alpha value is -1.11. The third-order valence-corrected chi connectivity index (χ3v) is 3.44. The zero-order valence-electron chi connectivity index (χ0n) is 12.6. The number of nitrogen functional groups attached to an aromatic ring is 1. The summed E-state index contributed by atoms with van der Waals surface area (Å²) in [6, 6.07) is 5.28. The van der Waals surface area contributed by atoms with Crippen LogP contribution >= 0.6 is 15.9 Å². The van der Waals surface area contributed by atoms with Crippen molar-refractivity contribution in [3.05, 3.63) is 28.2 Å². The highest BCUT2D eigenvalue weighted by Crippen LogP contribution is 2.20. The first kappa shape index (κ1) is 17.9. The standard InChI is InChI=1S/C15H23BrN2O3/c1-3-20-9-7-18(8-10-21-4-2)15(19)13-6-5-12(16)11-14(13)17/h5-6,11H,3-4,7-10,17H2,1-2H3. The summed E-state index contributed by atoms with van der Waals surface area (Å²) in [7, 11) is 0. The lowest BCUT2D eigenvalue weighted by Crippen LogP contribution is -2.37. The zero-order valence-corrected chi connectivity index (χ0v) is 14.2. The molecule has 0 aliphatic heterocycles. The van der Waals surface area contributed by atoms with Gasteiger partial charge < -0.3 is 20.1 Å². The van der Waals surface area contributed by atoms with Crippen LogP contribution < -0.4 is 5.73 Å². The average Bonchev–Trinajstić information content (AvgIpc) is 2.45. The smallest absolute Gasteiger partial charge is 0.256 e. The number of benzene rings is 1. The molecular formula is C15H23BrN2O3. The third-order valence-electron chi connectivity index (χ3n) is 2.95. The summed E-state index contributed by atoms with van der Waals surface area (Å²) < 4.78 is 11.5. The van der Waals surface area contributed by atoms with Gasteiger partial charge in [-0.3, -0.25) is 4.79 Å². The minimum Gasteiger partial charge on any atom is -0.398 e. The molecule has 1 aromatic carbocycles. The van der Waals surface area contributed by atoms with Crippen LogP contribution in [0.2, 0.25) is 0 Å². The number of ether oxygens (including phenoxy) is 2. The van der Waals surface area contributed by atoms with Crippen LogP contribution in [-0.4, -0.2) is 50.3 Å². The molecule has 0 unspecified atom stereocenters. The number of amides is 1. The first-order chi connectivity index (χ1) is 10.1. The molecule has 118 valence electrons. The minimum atomic E-state index is -0.0978. The van der Waals surface area contributed by atoms with Gasteiger partial charge in [-0.15, -0.1) is 0 Å². The molecule has 2 N–H and O–H groups in total. The molecule has 0 saturated carbocycles. The molecule has 1 rings (SSSR count). The molecule has 0 saturated heterocycles. The molecule has 21 heavy (non-hydrogen) atoms. The zero-order chi connectivity index (χ0) is 15.7. The van der Waals surface area contributed by atoms with Crippen molar-refractivity contribution in [2.24, 2.45) is 0 Å². The molecule has 0 aliphatic rings. The van der Waals surface area contributed by atoms with Crippen molar-refractivity contribution in [3.8, 4) is 0 Å². The SMILES string of the molecule is CCOCCN(CCOCC)C(=O)c1ccc(Br)cc1N. The number of nitrogens with zero attached hydrogens (tertiary/aromatic N) is 1. The van der Waals surface area contributed by atoms with Gasteiger partial charge in [0.1, 0.15) is 0 Å². The number of rotatable bonds is 9. The Morgan fingerprint density at radius 1 is 1.19 bits per heavy atom. The van der Waals surface area contributed by atoms with E-state index < -0.39 is 0 Å². The van der Waals surface area contributed by atoms with E-state index in [9.17, 15) is 4.79 Å². The lowest BCUT2D eigenvalue weighted by atomic mass is 10.1. The Labute approximate surface area is 134 Å². The summed E-state index contributed by atoms with van der Waals surface area (Å²) in [5.41, 5.74) is 6.90. The van der Waals surface area contributed by atoms with E-state index in [2.05, 4.69) is 15.9 Å². The van der Waals surface area contributed by atoms with Gasteiger partial charge in [0.15, 0.2) is 0 Å². The first-order valence-electron chi connectivity index (χ1n) is 7.09. The second kappa shape index (κ2) is 9.76. The molecule has 0 fully saturated rings. The maximum absolute atomic E-state index is 12.6. The van der Waals surface area contributed by atoms with Crippen LogP contribution in [0.3, 0.4) is 0 Å². The summed E-state index contributed by atoms with van der Waals surface area (Å²) in [5.74, 6) is -0.0978. The lowest BCUT2D eigenvalue weighted by molar-refractivity contribution is 0.0551. The topological polar surface area (TPSA) is 64.8 Å². The Bertz CT molecular complexity index is 445. The van der Waals surface area contributed by atoms with Gasteiger partial charge in [0.2, 0.25) is 0 Å². The fourth-order valence-electron chi connectivity index (χ4n) is 1.85. The van der Waals surface area contributed by atoms with Crippen molar-refractivity contribution in [1.29, 1.82) is 0 Å². The molecule has 1 amide bonds. The van der Waals surface area contributed by atoms with Gasteiger partial charge in [0, 0.05) is 36.5 Å². The predicted octanol–water partition coefficient (Wildman–Crippen LogP) is 2.55. The summed E-state index contributed by atoms with van der Waals surface area (Å²) in [5, 5.41) is 0. The fourth-order valence-corrected chi connectivity index (χ4v) is 2.23. The van der Waals surface area contributed by atoms with Gasteiger partial charge >= 0.3 is 0 Å². The fraction of sp³-hybridized carbons (Fsp3) is 0.533. The number of carbonyl (C=O) groups excluding carboxylic acids is 1. The number of hydrogen-bond donors (Lipinski definition) is 1. The Kier molecular flexibility index (Phi) is 8.34. The van der Waals surface area contributed by atoms with E-state index >= 15 is 0 Å². The van der Waals surface area contributed by atoms with Crippen LogP contribution in [0.15, 0.2) is 22.7 Å². The van der Waals surface area contributed by atoms with Crippen LogP contribution in [0.5, 0.6) is 0 Å². The molecular weight excluding hydrogens is 336 g/mol. The van der Waals surface area contributed by atoms with E-state index in [1.165, 1.54) is 0 Å². The van der Waals surface area contributed by atoms with Gasteiger partial charge in [-0.25, -0.2) is 0 Å². The molecule has 0 atom stereocenters. The van der Waals surface area contributed by atoms with Crippen molar-refractivity contribution < 1.29 is 14.3 Å². The van der Waals surface area contributed by atoms with Gasteiger partial charge in [-0.2, -0.15) is 0 Å². The van der Waals surface area contributed by atoms with Gasteiger partial charge in [-0.1, -0.05) is 15.9 Å². The van der Waals surface area contributed by atoms with E-state index in [4.69, 9.17) is 15.2 Å². The Balaban J connectivity index is 2.76. The second-order valence-corrected chi connectivity index (χ2v) is 5.33. The molecule has 0 radical (unpaired) electrons. The van der Waals surface area contributed by atoms with Crippen LogP contribution in [0, 0.1) is 0 Å². The van der Waals surface area contributed by atoms with Crippen molar-refractivity contribution in [2.45, 2.75) is 13.8 Å². The summed E-state index contributed by atoms with van der Waals surface area (Å²) in [6.07, 6.45) is 0. The third kappa shape index (κ3) is 6.03. The number of nitrogens with two attached hydrogens (primary N) is 1. The van der Waals surface area contributed by atoms with Crippen LogP contribution in [-0.2, 0) is 9.47 Å². The quantitative estimate of drug-likeness (QED) is 0.544. The summed E-state index contributed by atoms with van der Waals surface area (Å²) in [4.78, 5) is 14.3. The lowest BCUT2D eigenvalue weighted by Gasteiger charge is -2.23. The Morgan fingerprint density at radius 2 is 1.76 bits per heavy atom. The van der Waals surface area contributed by atoms with E-state index in [0.29, 0.717) is 50.8 Å². The maximum Gasteiger partial charge on any atom is 0.256 e. The monoisotopic (exact) mass is 358 g/mol. The molecule has 0 bridgehead atoms. The van der Waals surface area contributed by atoms with Crippen molar-refractivity contribution in [2.75, 3.05) is 45.3 Å². The molecule has 0 aliphatic carbocycles. The van der Waals surface area contributed by atoms with E-state index in [0.717, 1.165) is 4.47 Å². The highest BCUT2D eigenvalue weighted by Gasteiger charge is 2.18. The van der Waals surface area contributed by atoms with Crippen molar-refractivity contribution in [3.63, 3.8) is 0 Å². The molecule has 0 heterocycles. The molecule has 0 spiro atoms. The molecule has 6 heteroatoms.